The number of guanidine groups is 1. The zero-order valence-corrected chi connectivity index (χ0v) is 15.9. The number of hydrogen-bond donors (Lipinski definition) is 2. The van der Waals surface area contributed by atoms with Crippen molar-refractivity contribution in [3.05, 3.63) is 64.2 Å². The van der Waals surface area contributed by atoms with Crippen LogP contribution in [0.3, 0.4) is 0 Å². The maximum absolute atomic E-state index is 5.97. The van der Waals surface area contributed by atoms with Crippen molar-refractivity contribution in [1.29, 1.82) is 0 Å². The van der Waals surface area contributed by atoms with Crippen molar-refractivity contribution in [3.8, 4) is 0 Å². The summed E-state index contributed by atoms with van der Waals surface area (Å²) in [6, 6.07) is 12.6. The van der Waals surface area contributed by atoms with Gasteiger partial charge in [0.2, 0.25) is 0 Å². The van der Waals surface area contributed by atoms with Gasteiger partial charge in [-0.3, -0.25) is 0 Å². The summed E-state index contributed by atoms with van der Waals surface area (Å²) < 4.78 is 0. The van der Waals surface area contributed by atoms with E-state index in [2.05, 4.69) is 74.4 Å². The third-order valence-corrected chi connectivity index (χ3v) is 3.41. The van der Waals surface area contributed by atoms with E-state index >= 15 is 0 Å². The molecule has 22 heavy (non-hydrogen) atoms. The first-order valence-electron chi connectivity index (χ1n) is 7.15. The number of hydrogen-bond acceptors (Lipinski definition) is 1. The highest BCUT2D eigenvalue weighted by Crippen LogP contribution is 2.14. The second-order valence-corrected chi connectivity index (χ2v) is 5.63. The first kappa shape index (κ1) is 18.5. The largest absolute Gasteiger partial charge is 0.370 e. The molecule has 0 spiro atoms. The molecule has 3 N–H and O–H groups in total. The molecule has 0 aliphatic carbocycles. The van der Waals surface area contributed by atoms with Gasteiger partial charge in [0.05, 0.1) is 6.54 Å². The monoisotopic (exact) mass is 409 g/mol. The number of halogens is 1. The van der Waals surface area contributed by atoms with Crippen LogP contribution in [0.4, 0.5) is 5.69 Å². The standard InChI is InChI=1S/C18H23N3.HI/c1-12-5-6-16(15(4)8-12)11-20-18(19)21-17-9-13(2)7-14(3)10-17;/h5-10H,11H2,1-4H3,(H3,19,20,21);1H. The highest BCUT2D eigenvalue weighted by Gasteiger charge is 2.00. The first-order valence-corrected chi connectivity index (χ1v) is 7.15. The van der Waals surface area contributed by atoms with Crippen LogP contribution in [0.25, 0.3) is 0 Å². The minimum Gasteiger partial charge on any atom is -0.370 e. The Kier molecular flexibility index (Phi) is 6.87. The molecule has 0 atom stereocenters. The summed E-state index contributed by atoms with van der Waals surface area (Å²) in [5, 5.41) is 3.15. The van der Waals surface area contributed by atoms with Crippen LogP contribution in [0.15, 0.2) is 41.4 Å². The number of nitrogens with zero attached hydrogens (tertiary/aromatic N) is 1. The molecule has 2 rings (SSSR count). The highest BCUT2D eigenvalue weighted by atomic mass is 127. The van der Waals surface area contributed by atoms with Gasteiger partial charge in [-0.2, -0.15) is 0 Å². The SMILES string of the molecule is Cc1cc(C)cc(NC(N)=NCc2ccc(C)cc2C)c1.I. The van der Waals surface area contributed by atoms with Crippen LogP contribution in [0, 0.1) is 27.7 Å². The summed E-state index contributed by atoms with van der Waals surface area (Å²) in [6.07, 6.45) is 0. The molecule has 0 unspecified atom stereocenters. The van der Waals surface area contributed by atoms with Crippen molar-refractivity contribution in [3.63, 3.8) is 0 Å². The minimum atomic E-state index is 0. The predicted octanol–water partition coefficient (Wildman–Crippen LogP) is 4.47. The fourth-order valence-corrected chi connectivity index (χ4v) is 2.43. The zero-order valence-electron chi connectivity index (χ0n) is 13.6. The lowest BCUT2D eigenvalue weighted by molar-refractivity contribution is 1.04. The van der Waals surface area contributed by atoms with Gasteiger partial charge in [0.1, 0.15) is 0 Å². The van der Waals surface area contributed by atoms with Crippen LogP contribution >= 0.6 is 24.0 Å². The van der Waals surface area contributed by atoms with Gasteiger partial charge in [0.25, 0.3) is 0 Å². The summed E-state index contributed by atoms with van der Waals surface area (Å²) in [7, 11) is 0. The third kappa shape index (κ3) is 5.33. The first-order chi connectivity index (χ1) is 9.94. The average molecular weight is 409 g/mol. The molecule has 0 aliphatic rings. The third-order valence-electron chi connectivity index (χ3n) is 3.41. The van der Waals surface area contributed by atoms with E-state index in [4.69, 9.17) is 5.73 Å². The summed E-state index contributed by atoms with van der Waals surface area (Å²) >= 11 is 0. The molecule has 2 aromatic rings. The van der Waals surface area contributed by atoms with E-state index in [1.165, 1.54) is 27.8 Å². The molecule has 0 aromatic heterocycles. The van der Waals surface area contributed by atoms with Crippen molar-refractivity contribution in [1.82, 2.24) is 0 Å². The number of anilines is 1. The lowest BCUT2D eigenvalue weighted by Gasteiger charge is -2.09. The van der Waals surface area contributed by atoms with Crippen LogP contribution < -0.4 is 11.1 Å². The van der Waals surface area contributed by atoms with E-state index in [0.29, 0.717) is 12.5 Å². The van der Waals surface area contributed by atoms with Crippen molar-refractivity contribution in [2.45, 2.75) is 34.2 Å². The molecule has 0 amide bonds. The second-order valence-electron chi connectivity index (χ2n) is 5.63. The van der Waals surface area contributed by atoms with Gasteiger partial charge >= 0.3 is 0 Å². The molecule has 0 heterocycles. The zero-order chi connectivity index (χ0) is 15.4. The van der Waals surface area contributed by atoms with Crippen molar-refractivity contribution < 1.29 is 0 Å². The maximum atomic E-state index is 5.97. The van der Waals surface area contributed by atoms with Gasteiger partial charge in [-0.05, 0) is 62.1 Å². The van der Waals surface area contributed by atoms with E-state index in [1.54, 1.807) is 0 Å². The fraction of sp³-hybridized carbons (Fsp3) is 0.278. The predicted molar refractivity (Wildman–Crippen MR) is 106 cm³/mol. The topological polar surface area (TPSA) is 50.4 Å². The van der Waals surface area contributed by atoms with E-state index in [1.807, 2.05) is 0 Å². The Labute approximate surface area is 150 Å². The van der Waals surface area contributed by atoms with Crippen LogP contribution in [-0.2, 0) is 6.54 Å². The Balaban J connectivity index is 0.00000242. The Morgan fingerprint density at radius 2 is 1.59 bits per heavy atom. The number of nitrogens with one attached hydrogen (secondary N) is 1. The lowest BCUT2D eigenvalue weighted by atomic mass is 10.1. The van der Waals surface area contributed by atoms with E-state index < -0.39 is 0 Å². The number of benzene rings is 2. The number of rotatable bonds is 3. The van der Waals surface area contributed by atoms with Crippen LogP contribution in [0.2, 0.25) is 0 Å². The van der Waals surface area contributed by atoms with E-state index in [9.17, 15) is 0 Å². The van der Waals surface area contributed by atoms with Crippen LogP contribution in [-0.4, -0.2) is 5.96 Å². The van der Waals surface area contributed by atoms with E-state index in [0.717, 1.165) is 5.69 Å². The normalized spacial score (nSPS) is 11.0. The molecular weight excluding hydrogens is 385 g/mol. The Morgan fingerprint density at radius 1 is 0.955 bits per heavy atom. The number of aliphatic imine (C=N–C) groups is 1. The molecular formula is C18H24IN3. The minimum absolute atomic E-state index is 0. The van der Waals surface area contributed by atoms with Gasteiger partial charge in [0.15, 0.2) is 5.96 Å². The Morgan fingerprint density at radius 3 is 2.18 bits per heavy atom. The van der Waals surface area contributed by atoms with Crippen molar-refractivity contribution in [2.24, 2.45) is 10.7 Å². The summed E-state index contributed by atoms with van der Waals surface area (Å²) in [4.78, 5) is 4.42. The molecule has 3 nitrogen and oxygen atoms in total. The molecule has 0 saturated heterocycles. The summed E-state index contributed by atoms with van der Waals surface area (Å²) in [5.74, 6) is 0.444. The lowest BCUT2D eigenvalue weighted by Crippen LogP contribution is -2.22. The van der Waals surface area contributed by atoms with Crippen LogP contribution in [0.1, 0.15) is 27.8 Å². The van der Waals surface area contributed by atoms with Crippen LogP contribution in [0.5, 0.6) is 0 Å². The van der Waals surface area contributed by atoms with Gasteiger partial charge < -0.3 is 11.1 Å². The van der Waals surface area contributed by atoms with Gasteiger partial charge in [-0.25, -0.2) is 4.99 Å². The van der Waals surface area contributed by atoms with Gasteiger partial charge in [0, 0.05) is 5.69 Å². The molecule has 0 bridgehead atoms. The molecule has 4 heteroatoms. The van der Waals surface area contributed by atoms with Gasteiger partial charge in [-0.1, -0.05) is 29.8 Å². The molecule has 118 valence electrons. The average Bonchev–Trinajstić information content (AvgIpc) is 2.36. The molecule has 0 fully saturated rings. The smallest absolute Gasteiger partial charge is 0.193 e. The number of aryl methyl sites for hydroxylation is 4. The number of nitrogens with two attached hydrogens (primary N) is 1. The molecule has 0 aliphatic heterocycles. The maximum Gasteiger partial charge on any atom is 0.193 e. The Hall–Kier alpha value is -1.56. The van der Waals surface area contributed by atoms with Crippen molar-refractivity contribution in [2.75, 3.05) is 5.32 Å². The molecule has 2 aromatic carbocycles. The summed E-state index contributed by atoms with van der Waals surface area (Å²) in [5.41, 5.74) is 13.1. The van der Waals surface area contributed by atoms with E-state index in [-0.39, 0.29) is 24.0 Å². The Bertz CT molecular complexity index is 658. The second kappa shape index (κ2) is 8.17. The highest BCUT2D eigenvalue weighted by molar-refractivity contribution is 14.0. The van der Waals surface area contributed by atoms with Crippen molar-refractivity contribution >= 4 is 35.6 Å². The molecule has 0 radical (unpaired) electrons. The quantitative estimate of drug-likeness (QED) is 0.447. The fourth-order valence-electron chi connectivity index (χ4n) is 2.43. The molecule has 0 saturated carbocycles. The van der Waals surface area contributed by atoms with Gasteiger partial charge in [-0.15, -0.1) is 24.0 Å². The summed E-state index contributed by atoms with van der Waals surface area (Å²) in [6.45, 7) is 8.93.